The monoisotopic (exact) mass is 340 g/mol. The highest BCUT2D eigenvalue weighted by Crippen LogP contribution is 2.27. The SMILES string of the molecule is COc1cc(Br)ccc1C(=O)N1CCC[C@H]([C@H](C)N)C1. The van der Waals surface area contributed by atoms with E-state index in [0.717, 1.165) is 30.4 Å². The van der Waals surface area contributed by atoms with Gasteiger partial charge >= 0.3 is 0 Å². The first-order chi connectivity index (χ1) is 9.52. The summed E-state index contributed by atoms with van der Waals surface area (Å²) in [5, 5.41) is 0. The van der Waals surface area contributed by atoms with Crippen LogP contribution in [0, 0.1) is 5.92 Å². The first-order valence-electron chi connectivity index (χ1n) is 6.91. The average Bonchev–Trinajstić information content (AvgIpc) is 2.46. The Morgan fingerprint density at radius 3 is 2.95 bits per heavy atom. The second-order valence-electron chi connectivity index (χ2n) is 5.36. The summed E-state index contributed by atoms with van der Waals surface area (Å²) in [7, 11) is 1.58. The topological polar surface area (TPSA) is 55.6 Å². The third kappa shape index (κ3) is 3.33. The molecule has 2 rings (SSSR count). The quantitative estimate of drug-likeness (QED) is 0.920. The van der Waals surface area contributed by atoms with Crippen LogP contribution in [0.4, 0.5) is 0 Å². The summed E-state index contributed by atoms with van der Waals surface area (Å²) in [6, 6.07) is 5.61. The third-order valence-electron chi connectivity index (χ3n) is 3.88. The van der Waals surface area contributed by atoms with Gasteiger partial charge in [-0.3, -0.25) is 4.79 Å². The van der Waals surface area contributed by atoms with Crippen LogP contribution >= 0.6 is 15.9 Å². The van der Waals surface area contributed by atoms with Crippen LogP contribution in [-0.4, -0.2) is 37.0 Å². The number of halogens is 1. The number of hydrogen-bond donors (Lipinski definition) is 1. The highest BCUT2D eigenvalue weighted by atomic mass is 79.9. The second-order valence-corrected chi connectivity index (χ2v) is 6.27. The van der Waals surface area contributed by atoms with Gasteiger partial charge < -0.3 is 15.4 Å². The largest absolute Gasteiger partial charge is 0.496 e. The lowest BCUT2D eigenvalue weighted by Crippen LogP contribution is -2.45. The summed E-state index contributed by atoms with van der Waals surface area (Å²) in [6.07, 6.45) is 2.11. The molecule has 2 atom stereocenters. The van der Waals surface area contributed by atoms with Crippen LogP contribution in [-0.2, 0) is 0 Å². The van der Waals surface area contributed by atoms with E-state index in [1.54, 1.807) is 13.2 Å². The second kappa shape index (κ2) is 6.59. The smallest absolute Gasteiger partial charge is 0.257 e. The molecule has 0 saturated carbocycles. The predicted octanol–water partition coefficient (Wildman–Crippen LogP) is 2.66. The summed E-state index contributed by atoms with van der Waals surface area (Å²) in [6.45, 7) is 3.54. The van der Waals surface area contributed by atoms with E-state index >= 15 is 0 Å². The van der Waals surface area contributed by atoms with Crippen molar-refractivity contribution in [3.63, 3.8) is 0 Å². The minimum atomic E-state index is 0.0275. The molecule has 1 aromatic carbocycles. The summed E-state index contributed by atoms with van der Waals surface area (Å²) in [5.74, 6) is 1.01. The molecular formula is C15H21BrN2O2. The third-order valence-corrected chi connectivity index (χ3v) is 4.38. The molecule has 1 aliphatic heterocycles. The molecule has 0 aliphatic carbocycles. The molecule has 0 spiro atoms. The number of piperidine rings is 1. The Morgan fingerprint density at radius 1 is 1.55 bits per heavy atom. The zero-order chi connectivity index (χ0) is 14.7. The molecule has 0 aromatic heterocycles. The number of hydrogen-bond acceptors (Lipinski definition) is 3. The maximum Gasteiger partial charge on any atom is 0.257 e. The van der Waals surface area contributed by atoms with Crippen molar-refractivity contribution in [1.29, 1.82) is 0 Å². The number of benzene rings is 1. The van der Waals surface area contributed by atoms with Gasteiger partial charge in [0.25, 0.3) is 5.91 Å². The van der Waals surface area contributed by atoms with Crippen molar-refractivity contribution in [2.45, 2.75) is 25.8 Å². The van der Waals surface area contributed by atoms with Crippen molar-refractivity contribution in [2.75, 3.05) is 20.2 Å². The fraction of sp³-hybridized carbons (Fsp3) is 0.533. The average molecular weight is 341 g/mol. The molecule has 0 unspecified atom stereocenters. The van der Waals surface area contributed by atoms with Crippen LogP contribution in [0.15, 0.2) is 22.7 Å². The van der Waals surface area contributed by atoms with Gasteiger partial charge in [-0.1, -0.05) is 15.9 Å². The number of nitrogens with two attached hydrogens (primary N) is 1. The highest BCUT2D eigenvalue weighted by Gasteiger charge is 2.27. The van der Waals surface area contributed by atoms with E-state index in [4.69, 9.17) is 10.5 Å². The van der Waals surface area contributed by atoms with Gasteiger partial charge in [0, 0.05) is 23.6 Å². The van der Waals surface area contributed by atoms with Gasteiger partial charge in [0.2, 0.25) is 0 Å². The summed E-state index contributed by atoms with van der Waals surface area (Å²) in [4.78, 5) is 14.5. The van der Waals surface area contributed by atoms with Gasteiger partial charge in [0.05, 0.1) is 12.7 Å². The molecule has 1 fully saturated rings. The Morgan fingerprint density at radius 2 is 2.30 bits per heavy atom. The molecule has 1 saturated heterocycles. The molecular weight excluding hydrogens is 320 g/mol. The number of nitrogens with zero attached hydrogens (tertiary/aromatic N) is 1. The van der Waals surface area contributed by atoms with Crippen molar-refractivity contribution < 1.29 is 9.53 Å². The van der Waals surface area contributed by atoms with Crippen LogP contribution < -0.4 is 10.5 Å². The molecule has 4 nitrogen and oxygen atoms in total. The highest BCUT2D eigenvalue weighted by molar-refractivity contribution is 9.10. The summed E-state index contributed by atoms with van der Waals surface area (Å²) < 4.78 is 6.21. The van der Waals surface area contributed by atoms with Crippen LogP contribution in [0.25, 0.3) is 0 Å². The Labute approximate surface area is 128 Å². The number of likely N-dealkylation sites (tertiary alicyclic amines) is 1. The number of rotatable bonds is 3. The number of methoxy groups -OCH3 is 1. The zero-order valence-corrected chi connectivity index (χ0v) is 13.5. The lowest BCUT2D eigenvalue weighted by atomic mass is 9.92. The van der Waals surface area contributed by atoms with Crippen molar-refractivity contribution in [1.82, 2.24) is 4.90 Å². The van der Waals surface area contributed by atoms with E-state index in [0.29, 0.717) is 17.2 Å². The van der Waals surface area contributed by atoms with Gasteiger partial charge in [-0.05, 0) is 43.9 Å². The van der Waals surface area contributed by atoms with Gasteiger partial charge in [-0.2, -0.15) is 0 Å². The Kier molecular flexibility index (Phi) is 5.05. The molecule has 0 bridgehead atoms. The van der Waals surface area contributed by atoms with Crippen molar-refractivity contribution in [2.24, 2.45) is 11.7 Å². The van der Waals surface area contributed by atoms with Crippen LogP contribution in [0.2, 0.25) is 0 Å². The van der Waals surface area contributed by atoms with E-state index in [1.807, 2.05) is 24.0 Å². The first-order valence-corrected chi connectivity index (χ1v) is 7.70. The molecule has 20 heavy (non-hydrogen) atoms. The number of ether oxygens (including phenoxy) is 1. The first kappa shape index (κ1) is 15.3. The lowest BCUT2D eigenvalue weighted by molar-refractivity contribution is 0.0657. The Hall–Kier alpha value is -1.07. The van der Waals surface area contributed by atoms with Crippen molar-refractivity contribution >= 4 is 21.8 Å². The predicted molar refractivity (Wildman–Crippen MR) is 83.0 cm³/mol. The summed E-state index contributed by atoms with van der Waals surface area (Å²) in [5.41, 5.74) is 6.59. The van der Waals surface area contributed by atoms with Crippen LogP contribution in [0.5, 0.6) is 5.75 Å². The van der Waals surface area contributed by atoms with E-state index in [1.165, 1.54) is 0 Å². The summed E-state index contributed by atoms with van der Waals surface area (Å²) >= 11 is 3.39. The van der Waals surface area contributed by atoms with Gasteiger partial charge in [-0.15, -0.1) is 0 Å². The minimum absolute atomic E-state index is 0.0275. The molecule has 1 aliphatic rings. The van der Waals surface area contributed by atoms with Gasteiger partial charge in [0.1, 0.15) is 5.75 Å². The molecule has 1 aromatic rings. The van der Waals surface area contributed by atoms with Crippen molar-refractivity contribution in [3.05, 3.63) is 28.2 Å². The van der Waals surface area contributed by atoms with Crippen molar-refractivity contribution in [3.8, 4) is 5.75 Å². The Balaban J connectivity index is 2.18. The van der Waals surface area contributed by atoms with E-state index in [-0.39, 0.29) is 11.9 Å². The molecule has 2 N–H and O–H groups in total. The fourth-order valence-corrected chi connectivity index (χ4v) is 2.98. The fourth-order valence-electron chi connectivity index (χ4n) is 2.64. The standard InChI is InChI=1S/C15H21BrN2O2/c1-10(17)11-4-3-7-18(9-11)15(19)13-6-5-12(16)8-14(13)20-2/h5-6,8,10-11H,3-4,7,9,17H2,1-2H3/t10-,11-/m0/s1. The molecule has 1 amide bonds. The minimum Gasteiger partial charge on any atom is -0.496 e. The maximum absolute atomic E-state index is 12.6. The van der Waals surface area contributed by atoms with Gasteiger partial charge in [0.15, 0.2) is 0 Å². The molecule has 5 heteroatoms. The van der Waals surface area contributed by atoms with Gasteiger partial charge in [-0.25, -0.2) is 0 Å². The van der Waals surface area contributed by atoms with Crippen LogP contribution in [0.1, 0.15) is 30.1 Å². The molecule has 0 radical (unpaired) electrons. The van der Waals surface area contributed by atoms with E-state index in [2.05, 4.69) is 15.9 Å². The lowest BCUT2D eigenvalue weighted by Gasteiger charge is -2.34. The normalized spacial score (nSPS) is 20.6. The van der Waals surface area contributed by atoms with Crippen LogP contribution in [0.3, 0.4) is 0 Å². The number of carbonyl (C=O) groups excluding carboxylic acids is 1. The zero-order valence-electron chi connectivity index (χ0n) is 11.9. The Bertz CT molecular complexity index is 491. The number of carbonyl (C=O) groups is 1. The van der Waals surface area contributed by atoms with E-state index in [9.17, 15) is 4.79 Å². The van der Waals surface area contributed by atoms with E-state index < -0.39 is 0 Å². The number of amides is 1. The molecule has 1 heterocycles. The molecule has 110 valence electrons. The maximum atomic E-state index is 12.6.